The first-order valence-corrected chi connectivity index (χ1v) is 8.76. The molecule has 0 bridgehead atoms. The number of rotatable bonds is 6. The second-order valence-electron chi connectivity index (χ2n) is 6.33. The number of nitrogen functional groups attached to an aromatic ring is 1. The number of pyridine rings is 1. The average molecular weight is 356 g/mol. The third-order valence-electron chi connectivity index (χ3n) is 4.25. The average Bonchev–Trinajstić information content (AvgIpc) is 3.17. The van der Waals surface area contributed by atoms with Crippen LogP contribution in [0.3, 0.4) is 0 Å². The van der Waals surface area contributed by atoms with Crippen molar-refractivity contribution in [3.63, 3.8) is 0 Å². The number of ether oxygens (including phenoxy) is 1. The number of nitrogens with zero attached hydrogens (tertiary/aromatic N) is 3. The summed E-state index contributed by atoms with van der Waals surface area (Å²) in [5.41, 5.74) is 10.8. The van der Waals surface area contributed by atoms with Gasteiger partial charge in [0.25, 0.3) is 0 Å². The van der Waals surface area contributed by atoms with E-state index >= 15 is 0 Å². The highest BCUT2D eigenvalue weighted by atomic mass is 16.5. The van der Waals surface area contributed by atoms with Gasteiger partial charge in [-0.3, -0.25) is 4.68 Å². The van der Waals surface area contributed by atoms with Crippen molar-refractivity contribution < 1.29 is 4.74 Å². The molecule has 2 aromatic heterocycles. The van der Waals surface area contributed by atoms with Gasteiger partial charge in [0.15, 0.2) is 0 Å². The Kier molecular flexibility index (Phi) is 4.83. The van der Waals surface area contributed by atoms with Gasteiger partial charge >= 0.3 is 0 Å². The summed E-state index contributed by atoms with van der Waals surface area (Å²) in [6.07, 6.45) is 5.70. The van der Waals surface area contributed by atoms with Crippen molar-refractivity contribution in [1.29, 1.82) is 0 Å². The first kappa shape index (κ1) is 16.8. The Balaban J connectivity index is 1.38. The monoisotopic (exact) mass is 356 g/mol. The molecule has 27 heavy (non-hydrogen) atoms. The molecule has 4 rings (SSSR count). The fourth-order valence-corrected chi connectivity index (χ4v) is 2.78. The molecule has 134 valence electrons. The number of benzene rings is 2. The molecule has 0 amide bonds. The molecule has 0 fully saturated rings. The quantitative estimate of drug-likeness (QED) is 0.527. The van der Waals surface area contributed by atoms with Crippen LogP contribution in [0.25, 0.3) is 11.1 Å². The van der Waals surface area contributed by atoms with Crippen LogP contribution in [-0.2, 0) is 13.2 Å². The smallest absolute Gasteiger partial charge is 0.213 e. The molecule has 2 aromatic carbocycles. The van der Waals surface area contributed by atoms with Crippen LogP contribution >= 0.6 is 0 Å². The zero-order valence-corrected chi connectivity index (χ0v) is 14.8. The van der Waals surface area contributed by atoms with Gasteiger partial charge in [-0.15, -0.1) is 0 Å². The maximum atomic E-state index is 5.74. The largest absolute Gasteiger partial charge is 0.473 e. The predicted octanol–water partition coefficient (Wildman–Crippen LogP) is 4.15. The zero-order valence-electron chi connectivity index (χ0n) is 14.8. The van der Waals surface area contributed by atoms with E-state index in [1.807, 2.05) is 90.0 Å². The van der Waals surface area contributed by atoms with Crippen molar-refractivity contribution in [2.45, 2.75) is 13.2 Å². The van der Waals surface area contributed by atoms with Gasteiger partial charge in [0.05, 0.1) is 12.7 Å². The summed E-state index contributed by atoms with van der Waals surface area (Å²) in [7, 11) is 0. The summed E-state index contributed by atoms with van der Waals surface area (Å²) >= 11 is 0. The molecule has 5 nitrogen and oxygen atoms in total. The van der Waals surface area contributed by atoms with Gasteiger partial charge in [0.1, 0.15) is 6.61 Å². The highest BCUT2D eigenvalue weighted by molar-refractivity contribution is 5.64. The summed E-state index contributed by atoms with van der Waals surface area (Å²) in [5.74, 6) is 0.616. The van der Waals surface area contributed by atoms with Crippen molar-refractivity contribution in [2.24, 2.45) is 0 Å². The number of hydrogen-bond donors (Lipinski definition) is 1. The van der Waals surface area contributed by atoms with Gasteiger partial charge in [0.2, 0.25) is 5.88 Å². The molecule has 0 atom stereocenters. The van der Waals surface area contributed by atoms with Crippen molar-refractivity contribution in [3.8, 4) is 17.0 Å². The summed E-state index contributed by atoms with van der Waals surface area (Å²) in [6, 6.07) is 21.7. The molecule has 0 aliphatic rings. The Labute approximate surface area is 158 Å². The molecule has 0 saturated carbocycles. The van der Waals surface area contributed by atoms with Gasteiger partial charge in [-0.25, -0.2) is 4.98 Å². The van der Waals surface area contributed by atoms with E-state index in [-0.39, 0.29) is 0 Å². The van der Waals surface area contributed by atoms with E-state index < -0.39 is 0 Å². The molecular formula is C22H20N4O. The minimum Gasteiger partial charge on any atom is -0.473 e. The molecule has 0 saturated heterocycles. The molecule has 5 heteroatoms. The van der Waals surface area contributed by atoms with Crippen LogP contribution in [0.15, 0.2) is 85.3 Å². The van der Waals surface area contributed by atoms with Crippen molar-refractivity contribution in [1.82, 2.24) is 14.8 Å². The van der Waals surface area contributed by atoms with Gasteiger partial charge in [-0.2, -0.15) is 5.10 Å². The number of nitrogens with two attached hydrogens (primary N) is 1. The Morgan fingerprint density at radius 3 is 2.37 bits per heavy atom. The Morgan fingerprint density at radius 2 is 1.63 bits per heavy atom. The molecule has 2 heterocycles. The van der Waals surface area contributed by atoms with Gasteiger partial charge < -0.3 is 10.5 Å². The normalized spacial score (nSPS) is 10.7. The lowest BCUT2D eigenvalue weighted by Crippen LogP contribution is -2.01. The lowest BCUT2D eigenvalue weighted by atomic mass is 10.1. The summed E-state index contributed by atoms with van der Waals surface area (Å²) in [5, 5.41) is 4.44. The molecule has 0 spiro atoms. The van der Waals surface area contributed by atoms with Crippen LogP contribution in [0.2, 0.25) is 0 Å². The summed E-state index contributed by atoms with van der Waals surface area (Å²) < 4.78 is 7.62. The summed E-state index contributed by atoms with van der Waals surface area (Å²) in [4.78, 5) is 4.39. The SMILES string of the molecule is Nc1ccc(-c2cnn(Cc3ccc(OCc4ccccc4)nc3)c2)cc1. The van der Waals surface area contributed by atoms with Crippen LogP contribution in [0.5, 0.6) is 5.88 Å². The molecule has 2 N–H and O–H groups in total. The topological polar surface area (TPSA) is 66.0 Å². The van der Waals surface area contributed by atoms with Crippen molar-refractivity contribution in [2.75, 3.05) is 5.73 Å². The van der Waals surface area contributed by atoms with Crippen LogP contribution in [0.1, 0.15) is 11.1 Å². The lowest BCUT2D eigenvalue weighted by Gasteiger charge is -2.06. The van der Waals surface area contributed by atoms with Crippen LogP contribution in [-0.4, -0.2) is 14.8 Å². The molecule has 0 aliphatic carbocycles. The van der Waals surface area contributed by atoms with E-state index in [0.717, 1.165) is 27.9 Å². The third-order valence-corrected chi connectivity index (χ3v) is 4.25. The van der Waals surface area contributed by atoms with Crippen molar-refractivity contribution >= 4 is 5.69 Å². The zero-order chi connectivity index (χ0) is 18.5. The highest BCUT2D eigenvalue weighted by Gasteiger charge is 2.04. The van der Waals surface area contributed by atoms with Gasteiger partial charge in [-0.05, 0) is 28.8 Å². The first-order valence-electron chi connectivity index (χ1n) is 8.76. The lowest BCUT2D eigenvalue weighted by molar-refractivity contribution is 0.293. The molecule has 4 aromatic rings. The molecule has 0 radical (unpaired) electrons. The van der Waals surface area contributed by atoms with Gasteiger partial charge in [0, 0.05) is 29.7 Å². The molecular weight excluding hydrogens is 336 g/mol. The van der Waals surface area contributed by atoms with E-state index in [1.165, 1.54) is 0 Å². The fourth-order valence-electron chi connectivity index (χ4n) is 2.78. The second kappa shape index (κ2) is 7.74. The van der Waals surface area contributed by atoms with E-state index in [1.54, 1.807) is 0 Å². The molecule has 0 aliphatic heterocycles. The molecule has 0 unspecified atom stereocenters. The minimum absolute atomic E-state index is 0.511. The van der Waals surface area contributed by atoms with Crippen LogP contribution < -0.4 is 10.5 Å². The van der Waals surface area contributed by atoms with Crippen LogP contribution in [0, 0.1) is 0 Å². The number of hydrogen-bond acceptors (Lipinski definition) is 4. The first-order chi connectivity index (χ1) is 13.3. The maximum absolute atomic E-state index is 5.74. The number of aromatic nitrogens is 3. The second-order valence-corrected chi connectivity index (χ2v) is 6.33. The van der Waals surface area contributed by atoms with Gasteiger partial charge in [-0.1, -0.05) is 48.5 Å². The summed E-state index contributed by atoms with van der Waals surface area (Å²) in [6.45, 7) is 1.16. The van der Waals surface area contributed by atoms with Crippen molar-refractivity contribution in [3.05, 3.63) is 96.4 Å². The minimum atomic E-state index is 0.511. The Morgan fingerprint density at radius 1 is 0.815 bits per heavy atom. The Bertz CT molecular complexity index is 993. The maximum Gasteiger partial charge on any atom is 0.213 e. The van der Waals surface area contributed by atoms with Crippen LogP contribution in [0.4, 0.5) is 5.69 Å². The van der Waals surface area contributed by atoms with E-state index in [9.17, 15) is 0 Å². The van der Waals surface area contributed by atoms with E-state index in [2.05, 4.69) is 10.1 Å². The predicted molar refractivity (Wildman–Crippen MR) is 106 cm³/mol. The number of anilines is 1. The highest BCUT2D eigenvalue weighted by Crippen LogP contribution is 2.20. The standard InChI is InChI=1S/C22H20N4O/c23-21-9-7-19(8-10-21)20-13-25-26(15-20)14-18-6-11-22(24-12-18)27-16-17-4-2-1-3-5-17/h1-13,15H,14,16,23H2. The van der Waals surface area contributed by atoms with E-state index in [0.29, 0.717) is 19.0 Å². The third kappa shape index (κ3) is 4.33. The Hall–Kier alpha value is -3.60. The van der Waals surface area contributed by atoms with E-state index in [4.69, 9.17) is 10.5 Å². The fraction of sp³-hybridized carbons (Fsp3) is 0.0909.